The highest BCUT2D eigenvalue weighted by molar-refractivity contribution is 6.12. The number of rotatable bonds is 2. The molecule has 4 rings (SSSR count). The van der Waals surface area contributed by atoms with Gasteiger partial charge in [-0.25, -0.2) is 4.57 Å². The average Bonchev–Trinajstić information content (AvgIpc) is 3.01. The smallest absolute Gasteiger partial charge is 0.216 e. The van der Waals surface area contributed by atoms with Gasteiger partial charge in [-0.1, -0.05) is 32.0 Å². The Labute approximate surface area is 153 Å². The number of hydrogen-bond acceptors (Lipinski definition) is 2. The zero-order valence-electron chi connectivity index (χ0n) is 15.5. The fraction of sp³-hybridized carbons (Fsp3) is 0.217. The first-order chi connectivity index (χ1) is 12.5. The first kappa shape index (κ1) is 16.4. The molecule has 0 saturated heterocycles. The quantitative estimate of drug-likeness (QED) is 0.459. The highest BCUT2D eigenvalue weighted by Gasteiger charge is 2.24. The van der Waals surface area contributed by atoms with E-state index in [4.69, 9.17) is 4.42 Å². The van der Waals surface area contributed by atoms with Crippen molar-refractivity contribution >= 4 is 21.9 Å². The van der Waals surface area contributed by atoms with Crippen LogP contribution in [-0.2, 0) is 7.05 Å². The minimum atomic E-state index is 0.362. The molecule has 2 aromatic carbocycles. The third kappa shape index (κ3) is 2.30. The fourth-order valence-corrected chi connectivity index (χ4v) is 3.78. The Balaban J connectivity index is 2.25. The molecule has 0 aliphatic carbocycles. The zero-order chi connectivity index (χ0) is 18.4. The van der Waals surface area contributed by atoms with Crippen molar-refractivity contribution in [1.29, 1.82) is 5.26 Å². The Morgan fingerprint density at radius 3 is 2.58 bits per heavy atom. The monoisotopic (exact) mass is 341 g/mol. The number of furan rings is 1. The number of aryl methyl sites for hydroxylation is 2. The number of nitrogens with zero attached hydrogens (tertiary/aromatic N) is 2. The van der Waals surface area contributed by atoms with Crippen molar-refractivity contribution in [2.75, 3.05) is 0 Å². The molecule has 4 aromatic rings. The maximum absolute atomic E-state index is 9.51. The Kier molecular flexibility index (Phi) is 3.77. The van der Waals surface area contributed by atoms with Crippen molar-refractivity contribution in [3.05, 3.63) is 65.4 Å². The van der Waals surface area contributed by atoms with Crippen LogP contribution in [-0.4, -0.2) is 0 Å². The maximum Gasteiger partial charge on any atom is 0.216 e. The Hall–Kier alpha value is -3.12. The summed E-state index contributed by atoms with van der Waals surface area (Å²) < 4.78 is 8.46. The number of aromatic nitrogens is 1. The SMILES string of the molecule is Cc1cc(C(C)C)c2c(oc3c(C#N)cccc32)c1-c1cccc[n+]1C. The number of hydrogen-bond donors (Lipinski definition) is 0. The van der Waals surface area contributed by atoms with Crippen molar-refractivity contribution < 1.29 is 8.98 Å². The summed E-state index contributed by atoms with van der Waals surface area (Å²) >= 11 is 0. The average molecular weight is 341 g/mol. The third-order valence-corrected chi connectivity index (χ3v) is 5.05. The van der Waals surface area contributed by atoms with Gasteiger partial charge in [-0.3, -0.25) is 0 Å². The molecule has 0 spiro atoms. The van der Waals surface area contributed by atoms with E-state index in [1.54, 1.807) is 0 Å². The molecule has 0 aliphatic heterocycles. The summed E-state index contributed by atoms with van der Waals surface area (Å²) in [5.74, 6) is 0.362. The van der Waals surface area contributed by atoms with E-state index in [1.165, 1.54) is 11.1 Å². The zero-order valence-corrected chi connectivity index (χ0v) is 15.5. The first-order valence-corrected chi connectivity index (χ1v) is 8.86. The second kappa shape index (κ2) is 6.00. The van der Waals surface area contributed by atoms with E-state index in [-0.39, 0.29) is 0 Å². The lowest BCUT2D eigenvalue weighted by atomic mass is 9.91. The number of nitriles is 1. The van der Waals surface area contributed by atoms with Crippen LogP contribution in [0.1, 0.15) is 36.5 Å². The molecule has 0 atom stereocenters. The standard InChI is InChI=1S/C23H21N2O/c1-14(2)18-12-15(3)20(19-10-5-6-11-25(19)4)23-21(18)17-9-7-8-16(13-24)22(17)26-23/h5-12,14H,1-4H3/q+1. The van der Waals surface area contributed by atoms with Gasteiger partial charge in [0.15, 0.2) is 11.8 Å². The van der Waals surface area contributed by atoms with Gasteiger partial charge in [0.25, 0.3) is 0 Å². The minimum absolute atomic E-state index is 0.362. The maximum atomic E-state index is 9.51. The van der Waals surface area contributed by atoms with Gasteiger partial charge >= 0.3 is 0 Å². The molecule has 0 amide bonds. The molecule has 0 bridgehead atoms. The van der Waals surface area contributed by atoms with Crippen LogP contribution >= 0.6 is 0 Å². The van der Waals surface area contributed by atoms with Crippen molar-refractivity contribution in [2.45, 2.75) is 26.7 Å². The minimum Gasteiger partial charge on any atom is -0.454 e. The molecule has 0 N–H and O–H groups in total. The van der Waals surface area contributed by atoms with Crippen LogP contribution in [0.15, 0.2) is 53.1 Å². The van der Waals surface area contributed by atoms with Gasteiger partial charge in [0.1, 0.15) is 18.7 Å². The molecule has 26 heavy (non-hydrogen) atoms. The Morgan fingerprint density at radius 2 is 1.88 bits per heavy atom. The number of pyridine rings is 1. The second-order valence-electron chi connectivity index (χ2n) is 7.11. The molecule has 128 valence electrons. The van der Waals surface area contributed by atoms with Crippen molar-refractivity contribution in [3.8, 4) is 17.3 Å². The van der Waals surface area contributed by atoms with E-state index >= 15 is 0 Å². The van der Waals surface area contributed by atoms with Crippen LogP contribution in [0.5, 0.6) is 0 Å². The molecular weight excluding hydrogens is 320 g/mol. The second-order valence-corrected chi connectivity index (χ2v) is 7.11. The normalized spacial score (nSPS) is 11.4. The third-order valence-electron chi connectivity index (χ3n) is 5.05. The van der Waals surface area contributed by atoms with Gasteiger partial charge in [0, 0.05) is 22.9 Å². The van der Waals surface area contributed by atoms with Crippen molar-refractivity contribution in [2.24, 2.45) is 7.05 Å². The number of fused-ring (bicyclic) bond motifs is 3. The lowest BCUT2D eigenvalue weighted by Crippen LogP contribution is -2.30. The summed E-state index contributed by atoms with van der Waals surface area (Å²) in [5.41, 5.74) is 6.75. The molecule has 3 heteroatoms. The van der Waals surface area contributed by atoms with Crippen LogP contribution in [0.2, 0.25) is 0 Å². The molecule has 2 aromatic heterocycles. The van der Waals surface area contributed by atoms with Gasteiger partial charge in [-0.2, -0.15) is 5.26 Å². The summed E-state index contributed by atoms with van der Waals surface area (Å²) in [5, 5.41) is 11.6. The van der Waals surface area contributed by atoms with E-state index in [1.807, 2.05) is 37.5 Å². The Bertz CT molecular complexity index is 1190. The van der Waals surface area contributed by atoms with Gasteiger partial charge in [-0.15, -0.1) is 0 Å². The molecule has 0 saturated carbocycles. The summed E-state index contributed by atoms with van der Waals surface area (Å²) in [4.78, 5) is 0. The van der Waals surface area contributed by atoms with E-state index in [0.717, 1.165) is 27.6 Å². The van der Waals surface area contributed by atoms with Crippen LogP contribution < -0.4 is 4.57 Å². The summed E-state index contributed by atoms with van der Waals surface area (Å²) in [6.45, 7) is 6.53. The molecule has 0 unspecified atom stereocenters. The lowest BCUT2D eigenvalue weighted by molar-refractivity contribution is -0.660. The van der Waals surface area contributed by atoms with E-state index in [0.29, 0.717) is 17.1 Å². The highest BCUT2D eigenvalue weighted by atomic mass is 16.3. The fourth-order valence-electron chi connectivity index (χ4n) is 3.78. The predicted molar refractivity (Wildman–Crippen MR) is 104 cm³/mol. The van der Waals surface area contributed by atoms with E-state index in [2.05, 4.69) is 49.6 Å². The summed E-state index contributed by atoms with van der Waals surface area (Å²) in [6, 6.07) is 16.5. The lowest BCUT2D eigenvalue weighted by Gasteiger charge is -2.12. The number of para-hydroxylation sites is 1. The van der Waals surface area contributed by atoms with Crippen LogP contribution in [0.3, 0.4) is 0 Å². The number of benzene rings is 2. The highest BCUT2D eigenvalue weighted by Crippen LogP contribution is 2.42. The molecular formula is C23H21N2O+. The van der Waals surface area contributed by atoms with Crippen LogP contribution in [0.25, 0.3) is 33.2 Å². The van der Waals surface area contributed by atoms with Gasteiger partial charge in [0.05, 0.1) is 11.1 Å². The molecule has 2 heterocycles. The molecule has 3 nitrogen and oxygen atoms in total. The van der Waals surface area contributed by atoms with Gasteiger partial charge in [0.2, 0.25) is 5.69 Å². The molecule has 0 radical (unpaired) electrons. The van der Waals surface area contributed by atoms with E-state index in [9.17, 15) is 5.26 Å². The van der Waals surface area contributed by atoms with E-state index < -0.39 is 0 Å². The van der Waals surface area contributed by atoms with Crippen molar-refractivity contribution in [1.82, 2.24) is 0 Å². The summed E-state index contributed by atoms with van der Waals surface area (Å²) in [7, 11) is 2.04. The summed E-state index contributed by atoms with van der Waals surface area (Å²) in [6.07, 6.45) is 2.04. The largest absolute Gasteiger partial charge is 0.454 e. The first-order valence-electron chi connectivity index (χ1n) is 8.86. The topological polar surface area (TPSA) is 40.8 Å². The molecule has 0 aliphatic rings. The van der Waals surface area contributed by atoms with Crippen LogP contribution in [0.4, 0.5) is 0 Å². The van der Waals surface area contributed by atoms with Gasteiger partial charge in [-0.05, 0) is 36.1 Å². The molecule has 0 fully saturated rings. The van der Waals surface area contributed by atoms with Crippen LogP contribution in [0, 0.1) is 18.3 Å². The van der Waals surface area contributed by atoms with Crippen molar-refractivity contribution in [3.63, 3.8) is 0 Å². The Morgan fingerprint density at radius 1 is 1.08 bits per heavy atom. The predicted octanol–water partition coefficient (Wildman–Crippen LogP) is 5.38. The van der Waals surface area contributed by atoms with Gasteiger partial charge < -0.3 is 4.42 Å².